The van der Waals surface area contributed by atoms with Crippen molar-refractivity contribution in [1.29, 1.82) is 5.26 Å². The number of ether oxygens (including phenoxy) is 2. The molecule has 2 atom stereocenters. The molecule has 1 spiro atoms. The molecule has 2 fully saturated rings. The summed E-state index contributed by atoms with van der Waals surface area (Å²) in [6, 6.07) is 7.21. The Balaban J connectivity index is 1.50. The van der Waals surface area contributed by atoms with Crippen LogP contribution in [0, 0.1) is 17.2 Å². The molecule has 0 aromatic carbocycles. The normalized spacial score (nSPS) is 24.9. The molecule has 2 aromatic rings. The molecule has 0 bridgehead atoms. The third-order valence-electron chi connectivity index (χ3n) is 5.90. The van der Waals surface area contributed by atoms with E-state index in [9.17, 15) is 14.9 Å². The molecular weight excluding hydrogens is 388 g/mol. The molecular formula is C20H20N6O4. The number of amides is 1. The van der Waals surface area contributed by atoms with E-state index in [0.29, 0.717) is 50.8 Å². The van der Waals surface area contributed by atoms with Gasteiger partial charge in [0.25, 0.3) is 5.56 Å². The quantitative estimate of drug-likeness (QED) is 0.743. The van der Waals surface area contributed by atoms with Gasteiger partial charge in [-0.25, -0.2) is 0 Å². The number of aromatic nitrogens is 3. The first kappa shape index (κ1) is 18.7. The van der Waals surface area contributed by atoms with Crippen molar-refractivity contribution in [2.75, 3.05) is 36.5 Å². The van der Waals surface area contributed by atoms with Gasteiger partial charge in [0.1, 0.15) is 11.7 Å². The van der Waals surface area contributed by atoms with E-state index in [1.165, 1.54) is 0 Å². The highest BCUT2D eigenvalue weighted by Crippen LogP contribution is 2.38. The van der Waals surface area contributed by atoms with Gasteiger partial charge in [-0.2, -0.15) is 10.2 Å². The predicted molar refractivity (Wildman–Crippen MR) is 105 cm³/mol. The first-order valence-corrected chi connectivity index (χ1v) is 9.89. The van der Waals surface area contributed by atoms with E-state index in [2.05, 4.69) is 20.3 Å². The van der Waals surface area contributed by atoms with Gasteiger partial charge < -0.3 is 19.7 Å². The summed E-state index contributed by atoms with van der Waals surface area (Å²) in [7, 11) is 0. The summed E-state index contributed by atoms with van der Waals surface area (Å²) in [6.45, 7) is 2.38. The molecule has 30 heavy (non-hydrogen) atoms. The fraction of sp³-hybridized carbons (Fsp3) is 0.450. The SMILES string of the molecule is N#CC1C(=O)Nc2nc(N3CCC4(CC3)OCCO4)[nH]c(=O)c2C1c1ccccn1. The Kier molecular flexibility index (Phi) is 4.49. The molecule has 2 saturated heterocycles. The monoisotopic (exact) mass is 408 g/mol. The molecule has 2 N–H and O–H groups in total. The van der Waals surface area contributed by atoms with Gasteiger partial charge in [0.2, 0.25) is 11.9 Å². The summed E-state index contributed by atoms with van der Waals surface area (Å²) in [4.78, 5) is 39.2. The lowest BCUT2D eigenvalue weighted by molar-refractivity contribution is -0.169. The largest absolute Gasteiger partial charge is 0.347 e. The van der Waals surface area contributed by atoms with Crippen LogP contribution in [-0.4, -0.2) is 52.9 Å². The first-order chi connectivity index (χ1) is 14.6. The second kappa shape index (κ2) is 7.19. The van der Waals surface area contributed by atoms with Crippen LogP contribution in [0.5, 0.6) is 0 Å². The number of aromatic amines is 1. The van der Waals surface area contributed by atoms with Gasteiger partial charge in [-0.05, 0) is 12.1 Å². The number of piperidine rings is 1. The number of H-pyrrole nitrogens is 1. The Morgan fingerprint density at radius 3 is 2.63 bits per heavy atom. The number of nitrogens with one attached hydrogen (secondary N) is 2. The van der Waals surface area contributed by atoms with Gasteiger partial charge in [0, 0.05) is 32.1 Å². The molecule has 10 heteroatoms. The minimum absolute atomic E-state index is 0.176. The molecule has 10 nitrogen and oxygen atoms in total. The van der Waals surface area contributed by atoms with Gasteiger partial charge >= 0.3 is 0 Å². The average molecular weight is 408 g/mol. The molecule has 0 radical (unpaired) electrons. The molecule has 5 rings (SSSR count). The minimum Gasteiger partial charge on any atom is -0.347 e. The van der Waals surface area contributed by atoms with E-state index in [0.717, 1.165) is 0 Å². The fourth-order valence-electron chi connectivity index (χ4n) is 4.37. The van der Waals surface area contributed by atoms with E-state index in [1.807, 2.05) is 11.0 Å². The summed E-state index contributed by atoms with van der Waals surface area (Å²) in [5, 5.41) is 12.2. The van der Waals surface area contributed by atoms with Crippen LogP contribution >= 0.6 is 0 Å². The van der Waals surface area contributed by atoms with Crippen LogP contribution in [0.4, 0.5) is 11.8 Å². The lowest BCUT2D eigenvalue weighted by Crippen LogP contribution is -2.46. The molecule has 1 amide bonds. The number of hydrogen-bond acceptors (Lipinski definition) is 8. The maximum absolute atomic E-state index is 13.1. The number of nitrogens with zero attached hydrogens (tertiary/aromatic N) is 4. The van der Waals surface area contributed by atoms with Crippen molar-refractivity contribution < 1.29 is 14.3 Å². The van der Waals surface area contributed by atoms with E-state index in [4.69, 9.17) is 9.47 Å². The molecule has 3 aliphatic rings. The van der Waals surface area contributed by atoms with Crippen molar-refractivity contribution in [2.24, 2.45) is 5.92 Å². The summed E-state index contributed by atoms with van der Waals surface area (Å²) >= 11 is 0. The third kappa shape index (κ3) is 3.03. The zero-order valence-corrected chi connectivity index (χ0v) is 16.1. The van der Waals surface area contributed by atoms with Crippen LogP contribution in [0.15, 0.2) is 29.2 Å². The zero-order valence-electron chi connectivity index (χ0n) is 16.1. The average Bonchev–Trinajstić information content (AvgIpc) is 3.21. The number of hydrogen-bond donors (Lipinski definition) is 2. The predicted octanol–water partition coefficient (Wildman–Crippen LogP) is 0.732. The highest BCUT2D eigenvalue weighted by molar-refractivity contribution is 5.97. The van der Waals surface area contributed by atoms with Crippen LogP contribution in [0.3, 0.4) is 0 Å². The molecule has 154 valence electrons. The molecule has 2 unspecified atom stereocenters. The smallest absolute Gasteiger partial charge is 0.258 e. The number of carbonyl (C=O) groups excluding carboxylic acids is 1. The summed E-state index contributed by atoms with van der Waals surface area (Å²) in [5.74, 6) is -2.32. The molecule has 0 saturated carbocycles. The van der Waals surface area contributed by atoms with E-state index in [1.54, 1.807) is 24.4 Å². The van der Waals surface area contributed by atoms with Crippen molar-refractivity contribution >= 4 is 17.7 Å². The number of anilines is 2. The van der Waals surface area contributed by atoms with E-state index >= 15 is 0 Å². The number of pyridine rings is 1. The lowest BCUT2D eigenvalue weighted by atomic mass is 9.81. The molecule has 0 aliphatic carbocycles. The number of rotatable bonds is 2. The maximum Gasteiger partial charge on any atom is 0.258 e. The van der Waals surface area contributed by atoms with Crippen LogP contribution in [0.2, 0.25) is 0 Å². The lowest BCUT2D eigenvalue weighted by Gasteiger charge is -2.38. The second-order valence-corrected chi connectivity index (χ2v) is 7.57. The van der Waals surface area contributed by atoms with Crippen molar-refractivity contribution in [1.82, 2.24) is 15.0 Å². The molecule has 5 heterocycles. The summed E-state index contributed by atoms with van der Waals surface area (Å²) in [5.41, 5.74) is 0.342. The van der Waals surface area contributed by atoms with Crippen LogP contribution in [0.25, 0.3) is 0 Å². The van der Waals surface area contributed by atoms with Crippen LogP contribution in [0.1, 0.15) is 30.0 Å². The van der Waals surface area contributed by atoms with Gasteiger partial charge in [0.05, 0.1) is 36.5 Å². The summed E-state index contributed by atoms with van der Waals surface area (Å²) in [6.07, 6.45) is 2.89. The van der Waals surface area contributed by atoms with Crippen LogP contribution in [-0.2, 0) is 14.3 Å². The van der Waals surface area contributed by atoms with Crippen molar-refractivity contribution in [2.45, 2.75) is 24.5 Å². The number of fused-ring (bicyclic) bond motifs is 1. The Morgan fingerprint density at radius 1 is 1.20 bits per heavy atom. The van der Waals surface area contributed by atoms with Gasteiger partial charge in [0.15, 0.2) is 5.79 Å². The highest BCUT2D eigenvalue weighted by Gasteiger charge is 2.43. The minimum atomic E-state index is -1.06. The standard InChI is InChI=1S/C20H20N6O4/c21-11-12-14(13-3-1-2-6-22-13)15-16(23-17(12)27)24-19(25-18(15)28)26-7-4-20(5-8-26)29-9-10-30-20/h1-3,6,12,14H,4-5,7-10H2,(H2,23,24,25,27,28). The Morgan fingerprint density at radius 2 is 1.97 bits per heavy atom. The van der Waals surface area contributed by atoms with Crippen molar-refractivity contribution in [3.63, 3.8) is 0 Å². The molecule has 2 aromatic heterocycles. The van der Waals surface area contributed by atoms with Crippen molar-refractivity contribution in [3.8, 4) is 6.07 Å². The van der Waals surface area contributed by atoms with Crippen molar-refractivity contribution in [3.05, 3.63) is 46.0 Å². The topological polar surface area (TPSA) is 133 Å². The zero-order chi connectivity index (χ0) is 20.7. The first-order valence-electron chi connectivity index (χ1n) is 9.89. The fourth-order valence-corrected chi connectivity index (χ4v) is 4.37. The number of nitriles is 1. The van der Waals surface area contributed by atoms with Gasteiger partial charge in [-0.1, -0.05) is 6.07 Å². The van der Waals surface area contributed by atoms with Crippen LogP contribution < -0.4 is 15.8 Å². The van der Waals surface area contributed by atoms with Gasteiger partial charge in [-0.15, -0.1) is 0 Å². The maximum atomic E-state index is 13.1. The summed E-state index contributed by atoms with van der Waals surface area (Å²) < 4.78 is 11.5. The van der Waals surface area contributed by atoms with E-state index in [-0.39, 0.29) is 16.9 Å². The Labute approximate surface area is 171 Å². The second-order valence-electron chi connectivity index (χ2n) is 7.57. The van der Waals surface area contributed by atoms with E-state index < -0.39 is 23.5 Å². The molecule has 3 aliphatic heterocycles. The highest BCUT2D eigenvalue weighted by atomic mass is 16.7. The van der Waals surface area contributed by atoms with Gasteiger partial charge in [-0.3, -0.25) is 19.6 Å². The Hall–Kier alpha value is -3.29. The number of carbonyl (C=O) groups is 1. The third-order valence-corrected chi connectivity index (χ3v) is 5.90. The Bertz CT molecular complexity index is 1060.